The zero-order valence-electron chi connectivity index (χ0n) is 6.31. The average Bonchev–Trinajstić information content (AvgIpc) is 2.30. The number of carboxylic acids is 1. The molecule has 1 atom stereocenters. The van der Waals surface area contributed by atoms with Crippen LogP contribution in [0.15, 0.2) is 0 Å². The molecule has 1 rings (SSSR count). The Labute approximate surface area is 78.9 Å². The first-order valence-corrected chi connectivity index (χ1v) is 4.65. The van der Waals surface area contributed by atoms with Crippen LogP contribution >= 0.6 is 24.0 Å². The quantitative estimate of drug-likeness (QED) is 0.658. The number of nitrogens with zero attached hydrogens (tertiary/aromatic N) is 1. The van der Waals surface area contributed by atoms with Crippen LogP contribution in [0.1, 0.15) is 6.92 Å². The molecule has 4 nitrogen and oxygen atoms in total. The van der Waals surface area contributed by atoms with Crippen LogP contribution in [0, 0.1) is 0 Å². The normalized spacial score (nSPS) is 19.9. The molecule has 1 amide bonds. The first kappa shape index (κ1) is 9.47. The minimum absolute atomic E-state index is 0.222. The summed E-state index contributed by atoms with van der Waals surface area (Å²) in [5.74, 6) is -0.996. The molecule has 0 radical (unpaired) electrons. The minimum atomic E-state index is -1.03. The molecule has 0 aromatic heterocycles. The number of thiocarbonyl (C=S) groups is 1. The van der Waals surface area contributed by atoms with Gasteiger partial charge in [0.05, 0.1) is 5.75 Å². The van der Waals surface area contributed by atoms with E-state index < -0.39 is 12.0 Å². The van der Waals surface area contributed by atoms with Gasteiger partial charge in [-0.2, -0.15) is 0 Å². The maximum absolute atomic E-state index is 11.1. The second-order valence-electron chi connectivity index (χ2n) is 2.33. The van der Waals surface area contributed by atoms with Crippen LogP contribution < -0.4 is 0 Å². The molecule has 0 aromatic rings. The van der Waals surface area contributed by atoms with Gasteiger partial charge in [-0.25, -0.2) is 4.79 Å². The molecule has 6 heteroatoms. The van der Waals surface area contributed by atoms with Gasteiger partial charge in [0, 0.05) is 0 Å². The largest absolute Gasteiger partial charge is 0.480 e. The number of aliphatic carboxylic acids is 1. The second-order valence-corrected chi connectivity index (χ2v) is 3.94. The maximum Gasteiger partial charge on any atom is 0.326 e. The van der Waals surface area contributed by atoms with Gasteiger partial charge < -0.3 is 5.11 Å². The van der Waals surface area contributed by atoms with E-state index in [1.807, 2.05) is 0 Å². The molecule has 1 fully saturated rings. The first-order valence-electron chi connectivity index (χ1n) is 3.25. The third kappa shape index (κ3) is 1.59. The molecule has 12 heavy (non-hydrogen) atoms. The Morgan fingerprint density at radius 1 is 1.83 bits per heavy atom. The lowest BCUT2D eigenvalue weighted by Crippen LogP contribution is -2.41. The van der Waals surface area contributed by atoms with Crippen molar-refractivity contribution in [1.82, 2.24) is 4.90 Å². The van der Waals surface area contributed by atoms with Crippen LogP contribution in [-0.2, 0) is 9.59 Å². The van der Waals surface area contributed by atoms with E-state index in [1.54, 1.807) is 0 Å². The maximum atomic E-state index is 11.1. The summed E-state index contributed by atoms with van der Waals surface area (Å²) in [7, 11) is 0. The third-order valence-electron chi connectivity index (χ3n) is 1.53. The molecule has 1 N–H and O–H groups in total. The highest BCUT2D eigenvalue weighted by Crippen LogP contribution is 2.21. The smallest absolute Gasteiger partial charge is 0.326 e. The molecule has 0 aromatic carbocycles. The lowest BCUT2D eigenvalue weighted by molar-refractivity contribution is -0.144. The lowest BCUT2D eigenvalue weighted by Gasteiger charge is -2.18. The van der Waals surface area contributed by atoms with Crippen molar-refractivity contribution in [2.75, 3.05) is 5.75 Å². The van der Waals surface area contributed by atoms with Crippen molar-refractivity contribution < 1.29 is 14.7 Å². The summed E-state index contributed by atoms with van der Waals surface area (Å²) in [6.45, 7) is 1.44. The van der Waals surface area contributed by atoms with Crippen molar-refractivity contribution >= 4 is 40.2 Å². The zero-order valence-corrected chi connectivity index (χ0v) is 7.94. The third-order valence-corrected chi connectivity index (χ3v) is 2.91. The van der Waals surface area contributed by atoms with Crippen molar-refractivity contribution in [3.63, 3.8) is 0 Å². The SMILES string of the molecule is C[C@H](C(=O)O)N1C(=O)CSC1=S. The number of rotatable bonds is 2. The predicted octanol–water partition coefficient (Wildman–Crippen LogP) is 0.320. The standard InChI is InChI=1S/C6H7NO3S2/c1-3(5(9)10)7-4(8)2-12-6(7)11/h3H,2H2,1H3,(H,9,10)/t3-/m1/s1. The highest BCUT2D eigenvalue weighted by atomic mass is 32.2. The Morgan fingerprint density at radius 2 is 2.42 bits per heavy atom. The summed E-state index contributed by atoms with van der Waals surface area (Å²) in [4.78, 5) is 22.7. The van der Waals surface area contributed by atoms with E-state index in [4.69, 9.17) is 17.3 Å². The number of amides is 1. The molecule has 0 aliphatic carbocycles. The summed E-state index contributed by atoms with van der Waals surface area (Å²) in [5.41, 5.74) is 0. The Hall–Kier alpha value is -0.620. The molecule has 66 valence electrons. The minimum Gasteiger partial charge on any atom is -0.480 e. The highest BCUT2D eigenvalue weighted by molar-refractivity contribution is 8.23. The van der Waals surface area contributed by atoms with E-state index in [0.717, 1.165) is 4.90 Å². The molecule has 0 saturated carbocycles. The molecule has 0 spiro atoms. The molecule has 1 aliphatic rings. The summed E-state index contributed by atoms with van der Waals surface area (Å²) in [5, 5.41) is 8.62. The van der Waals surface area contributed by atoms with E-state index >= 15 is 0 Å². The van der Waals surface area contributed by atoms with Crippen molar-refractivity contribution in [3.05, 3.63) is 0 Å². The van der Waals surface area contributed by atoms with Crippen LogP contribution in [0.25, 0.3) is 0 Å². The Morgan fingerprint density at radius 3 is 2.75 bits per heavy atom. The molecule has 0 bridgehead atoms. The summed E-state index contributed by atoms with van der Waals surface area (Å²) >= 11 is 6.02. The average molecular weight is 205 g/mol. The van der Waals surface area contributed by atoms with Crippen LogP contribution in [0.4, 0.5) is 0 Å². The number of carbonyl (C=O) groups is 2. The molecule has 0 unspecified atom stereocenters. The Bertz CT molecular complexity index is 237. The summed E-state index contributed by atoms with van der Waals surface area (Å²) < 4.78 is 0.356. The monoisotopic (exact) mass is 205 g/mol. The number of carbonyl (C=O) groups excluding carboxylic acids is 1. The van der Waals surface area contributed by atoms with Gasteiger partial charge in [-0.3, -0.25) is 9.69 Å². The fourth-order valence-corrected chi connectivity index (χ4v) is 2.07. The van der Waals surface area contributed by atoms with Crippen LogP contribution in [0.5, 0.6) is 0 Å². The van der Waals surface area contributed by atoms with Crippen LogP contribution in [-0.4, -0.2) is 38.0 Å². The van der Waals surface area contributed by atoms with Gasteiger partial charge in [0.15, 0.2) is 0 Å². The fourth-order valence-electron chi connectivity index (χ4n) is 0.849. The van der Waals surface area contributed by atoms with E-state index in [1.165, 1.54) is 18.7 Å². The Kier molecular flexibility index (Phi) is 2.69. The van der Waals surface area contributed by atoms with Crippen LogP contribution in [0.2, 0.25) is 0 Å². The van der Waals surface area contributed by atoms with Crippen molar-refractivity contribution in [2.24, 2.45) is 0 Å². The van der Waals surface area contributed by atoms with Gasteiger partial charge in [-0.1, -0.05) is 24.0 Å². The molecule has 1 heterocycles. The highest BCUT2D eigenvalue weighted by Gasteiger charge is 2.34. The van der Waals surface area contributed by atoms with Crippen LogP contribution in [0.3, 0.4) is 0 Å². The van der Waals surface area contributed by atoms with E-state index in [-0.39, 0.29) is 11.7 Å². The zero-order chi connectivity index (χ0) is 9.30. The van der Waals surface area contributed by atoms with Gasteiger partial charge in [-0.05, 0) is 6.92 Å². The van der Waals surface area contributed by atoms with Gasteiger partial charge in [0.2, 0.25) is 5.91 Å². The topological polar surface area (TPSA) is 57.6 Å². The van der Waals surface area contributed by atoms with Gasteiger partial charge in [-0.15, -0.1) is 0 Å². The number of hydrogen-bond donors (Lipinski definition) is 1. The van der Waals surface area contributed by atoms with Crippen molar-refractivity contribution in [1.29, 1.82) is 0 Å². The number of hydrogen-bond acceptors (Lipinski definition) is 4. The molecule has 1 saturated heterocycles. The van der Waals surface area contributed by atoms with Gasteiger partial charge in [0.25, 0.3) is 0 Å². The second kappa shape index (κ2) is 3.40. The fraction of sp³-hybridized carbons (Fsp3) is 0.500. The van der Waals surface area contributed by atoms with E-state index in [2.05, 4.69) is 0 Å². The summed E-state index contributed by atoms with van der Waals surface area (Å²) in [6.07, 6.45) is 0. The predicted molar refractivity (Wildman–Crippen MR) is 49.0 cm³/mol. The van der Waals surface area contributed by atoms with Gasteiger partial charge in [0.1, 0.15) is 10.4 Å². The number of thioether (sulfide) groups is 1. The first-order chi connectivity index (χ1) is 5.54. The molecular formula is C6H7NO3S2. The van der Waals surface area contributed by atoms with E-state index in [0.29, 0.717) is 4.32 Å². The molecule has 1 aliphatic heterocycles. The van der Waals surface area contributed by atoms with Gasteiger partial charge >= 0.3 is 5.97 Å². The lowest BCUT2D eigenvalue weighted by atomic mass is 10.3. The number of carboxylic acid groups (broad SMARTS) is 1. The van der Waals surface area contributed by atoms with E-state index in [9.17, 15) is 9.59 Å². The Balaban J connectivity index is 2.79. The van der Waals surface area contributed by atoms with Crippen molar-refractivity contribution in [3.8, 4) is 0 Å². The summed E-state index contributed by atoms with van der Waals surface area (Å²) in [6, 6.07) is -0.847. The molecular weight excluding hydrogens is 198 g/mol. The van der Waals surface area contributed by atoms with Crippen molar-refractivity contribution in [2.45, 2.75) is 13.0 Å².